The van der Waals surface area contributed by atoms with Gasteiger partial charge in [0.1, 0.15) is 5.69 Å². The Morgan fingerprint density at radius 1 is 1.57 bits per heavy atom. The Hall–Kier alpha value is -1.79. The van der Waals surface area contributed by atoms with Gasteiger partial charge in [-0.15, -0.1) is 0 Å². The molecule has 0 aliphatic heterocycles. The molecule has 0 aliphatic rings. The van der Waals surface area contributed by atoms with E-state index in [2.05, 4.69) is 10.8 Å². The average molecular weight is 203 g/mol. The minimum Gasteiger partial charge on any atom is -0.364 e. The Morgan fingerprint density at radius 3 is 2.57 bits per heavy atom. The summed E-state index contributed by atoms with van der Waals surface area (Å²) in [5, 5.41) is 3.22. The quantitative estimate of drug-likeness (QED) is 0.694. The largest absolute Gasteiger partial charge is 0.367 e. The molecule has 1 heterocycles. The first-order valence-electron chi connectivity index (χ1n) is 3.58. The van der Waals surface area contributed by atoms with Crippen molar-refractivity contribution in [2.24, 2.45) is 12.8 Å². The van der Waals surface area contributed by atoms with Crippen molar-refractivity contribution in [1.29, 1.82) is 0 Å². The van der Waals surface area contributed by atoms with E-state index in [9.17, 15) is 18.4 Å². The van der Waals surface area contributed by atoms with Crippen molar-refractivity contribution in [3.63, 3.8) is 0 Å². The number of aryl methyl sites for hydroxylation is 1. The molecule has 0 saturated carbocycles. The molecule has 2 N–H and O–H groups in total. The second kappa shape index (κ2) is 3.17. The molecular weight excluding hydrogens is 196 g/mol. The van der Waals surface area contributed by atoms with E-state index in [1.54, 1.807) is 0 Å². The minimum absolute atomic E-state index is 0.547. The lowest BCUT2D eigenvalue weighted by atomic mass is 10.2. The highest BCUT2D eigenvalue weighted by molar-refractivity contribution is 5.82. The van der Waals surface area contributed by atoms with Gasteiger partial charge in [0, 0.05) is 13.1 Å². The third-order valence-electron chi connectivity index (χ3n) is 1.59. The molecule has 0 saturated heterocycles. The Kier molecular flexibility index (Phi) is 2.33. The Morgan fingerprint density at radius 2 is 2.14 bits per heavy atom. The van der Waals surface area contributed by atoms with Gasteiger partial charge in [0.25, 0.3) is 11.5 Å². The maximum atomic E-state index is 12.9. The lowest BCUT2D eigenvalue weighted by Gasteiger charge is -2.11. The average Bonchev–Trinajstić information content (AvgIpc) is 2.09. The van der Waals surface area contributed by atoms with Crippen LogP contribution in [0.4, 0.5) is 8.78 Å². The molecule has 1 aromatic rings. The summed E-state index contributed by atoms with van der Waals surface area (Å²) in [6, 6.07) is 1.66. The van der Waals surface area contributed by atoms with Crippen LogP contribution in [0.25, 0.3) is 0 Å². The van der Waals surface area contributed by atoms with Crippen LogP contribution in [0.5, 0.6) is 0 Å². The van der Waals surface area contributed by atoms with Crippen LogP contribution in [0.1, 0.15) is 5.69 Å². The zero-order valence-electron chi connectivity index (χ0n) is 7.20. The van der Waals surface area contributed by atoms with E-state index < -0.39 is 23.1 Å². The van der Waals surface area contributed by atoms with Crippen LogP contribution >= 0.6 is 0 Å². The molecule has 5 nitrogen and oxygen atoms in total. The van der Waals surface area contributed by atoms with Crippen molar-refractivity contribution in [3.8, 4) is 0 Å². The van der Waals surface area contributed by atoms with Crippen molar-refractivity contribution in [2.45, 2.75) is 5.92 Å². The first-order chi connectivity index (χ1) is 6.35. The van der Waals surface area contributed by atoms with E-state index in [1.807, 2.05) is 0 Å². The number of amides is 1. The predicted octanol–water partition coefficient (Wildman–Crippen LogP) is -0.643. The van der Waals surface area contributed by atoms with E-state index in [1.165, 1.54) is 7.05 Å². The highest BCUT2D eigenvalue weighted by Crippen LogP contribution is 2.24. The summed E-state index contributed by atoms with van der Waals surface area (Å²) in [5.41, 5.74) is 3.09. The van der Waals surface area contributed by atoms with Crippen LogP contribution < -0.4 is 11.3 Å². The second-order valence-electron chi connectivity index (χ2n) is 2.62. The molecule has 0 radical (unpaired) electrons. The third kappa shape index (κ3) is 1.61. The maximum Gasteiger partial charge on any atom is 0.367 e. The van der Waals surface area contributed by atoms with E-state index >= 15 is 0 Å². The van der Waals surface area contributed by atoms with Crippen molar-refractivity contribution in [1.82, 2.24) is 9.78 Å². The first-order valence-corrected chi connectivity index (χ1v) is 3.58. The molecule has 0 aliphatic carbocycles. The SMILES string of the molecule is Cn1nc(C(F)(F)C(N)=O)ccc1=O. The highest BCUT2D eigenvalue weighted by atomic mass is 19.3. The van der Waals surface area contributed by atoms with Gasteiger partial charge in [-0.25, -0.2) is 4.68 Å². The molecule has 0 spiro atoms. The Balaban J connectivity index is 3.27. The molecule has 1 rings (SSSR count). The number of hydrogen-bond acceptors (Lipinski definition) is 3. The molecule has 1 amide bonds. The van der Waals surface area contributed by atoms with Gasteiger partial charge in [-0.1, -0.05) is 0 Å². The lowest BCUT2D eigenvalue weighted by Crippen LogP contribution is -2.35. The summed E-state index contributed by atoms with van der Waals surface area (Å²) < 4.78 is 26.6. The number of nitrogens with zero attached hydrogens (tertiary/aromatic N) is 2. The van der Waals surface area contributed by atoms with Gasteiger partial charge in [-0.2, -0.15) is 13.9 Å². The van der Waals surface area contributed by atoms with Crippen LogP contribution in [-0.4, -0.2) is 15.7 Å². The molecule has 0 aromatic carbocycles. The highest BCUT2D eigenvalue weighted by Gasteiger charge is 2.40. The number of rotatable bonds is 2. The molecule has 0 atom stereocenters. The van der Waals surface area contributed by atoms with Gasteiger partial charge >= 0.3 is 5.92 Å². The van der Waals surface area contributed by atoms with Crippen molar-refractivity contribution in [3.05, 3.63) is 28.2 Å². The van der Waals surface area contributed by atoms with E-state index in [0.717, 1.165) is 12.1 Å². The monoisotopic (exact) mass is 203 g/mol. The smallest absolute Gasteiger partial charge is 0.364 e. The fourth-order valence-electron chi connectivity index (χ4n) is 0.796. The second-order valence-corrected chi connectivity index (χ2v) is 2.62. The molecule has 1 aromatic heterocycles. The molecular formula is C7H7F2N3O2. The van der Waals surface area contributed by atoms with Gasteiger partial charge in [0.05, 0.1) is 0 Å². The molecule has 7 heteroatoms. The first kappa shape index (κ1) is 10.3. The zero-order valence-corrected chi connectivity index (χ0v) is 7.20. The molecule has 14 heavy (non-hydrogen) atoms. The fourth-order valence-corrected chi connectivity index (χ4v) is 0.796. The number of alkyl halides is 2. The number of carbonyl (C=O) groups excluding carboxylic acids is 1. The van der Waals surface area contributed by atoms with Crippen molar-refractivity contribution in [2.75, 3.05) is 0 Å². The number of primary amides is 1. The summed E-state index contributed by atoms with van der Waals surface area (Å²) in [4.78, 5) is 21.2. The van der Waals surface area contributed by atoms with Gasteiger partial charge in [-0.3, -0.25) is 9.59 Å². The minimum atomic E-state index is -3.86. The summed E-state index contributed by atoms with van der Waals surface area (Å²) in [7, 11) is 1.20. The lowest BCUT2D eigenvalue weighted by molar-refractivity contribution is -0.143. The van der Waals surface area contributed by atoms with E-state index in [-0.39, 0.29) is 0 Å². The van der Waals surface area contributed by atoms with Crippen molar-refractivity contribution < 1.29 is 13.6 Å². The summed E-state index contributed by atoms with van der Waals surface area (Å²) in [6.45, 7) is 0. The molecule has 0 fully saturated rings. The van der Waals surface area contributed by atoms with Gasteiger partial charge < -0.3 is 5.73 Å². The summed E-state index contributed by atoms with van der Waals surface area (Å²) in [5.74, 6) is -5.66. The van der Waals surface area contributed by atoms with Crippen LogP contribution in [0.2, 0.25) is 0 Å². The topological polar surface area (TPSA) is 78.0 Å². The van der Waals surface area contributed by atoms with Crippen LogP contribution in [-0.2, 0) is 17.8 Å². The number of nitrogens with two attached hydrogens (primary N) is 1. The van der Waals surface area contributed by atoms with E-state index in [4.69, 9.17) is 0 Å². The molecule has 0 bridgehead atoms. The zero-order chi connectivity index (χ0) is 10.9. The van der Waals surface area contributed by atoms with Crippen LogP contribution in [0.3, 0.4) is 0 Å². The third-order valence-corrected chi connectivity index (χ3v) is 1.59. The van der Waals surface area contributed by atoms with Crippen LogP contribution in [0.15, 0.2) is 16.9 Å². The molecule has 76 valence electrons. The standard InChI is InChI=1S/C7H7F2N3O2/c1-12-5(13)3-2-4(11-12)7(8,9)6(10)14/h2-3H,1H3,(H2,10,14). The van der Waals surface area contributed by atoms with Crippen molar-refractivity contribution >= 4 is 5.91 Å². The predicted molar refractivity (Wildman–Crippen MR) is 42.6 cm³/mol. The number of carbonyl (C=O) groups is 1. The summed E-state index contributed by atoms with van der Waals surface area (Å²) in [6.07, 6.45) is 0. The molecule has 0 unspecified atom stereocenters. The normalized spacial score (nSPS) is 11.4. The van der Waals surface area contributed by atoms with E-state index in [0.29, 0.717) is 4.68 Å². The number of halogens is 2. The van der Waals surface area contributed by atoms with Gasteiger partial charge in [0.2, 0.25) is 0 Å². The number of aromatic nitrogens is 2. The van der Waals surface area contributed by atoms with Crippen LogP contribution in [0, 0.1) is 0 Å². The summed E-state index contributed by atoms with van der Waals surface area (Å²) >= 11 is 0. The van der Waals surface area contributed by atoms with Gasteiger partial charge in [-0.05, 0) is 6.07 Å². The fraction of sp³-hybridized carbons (Fsp3) is 0.286. The maximum absolute atomic E-state index is 12.9. The number of hydrogen-bond donors (Lipinski definition) is 1. The Bertz CT molecular complexity index is 427. The van der Waals surface area contributed by atoms with Gasteiger partial charge in [0.15, 0.2) is 0 Å². The Labute approximate surface area is 77.1 Å².